The fourth-order valence-electron chi connectivity index (χ4n) is 3.38. The molecule has 1 N–H and O–H groups in total. The highest BCUT2D eigenvalue weighted by molar-refractivity contribution is 5.49. The zero-order valence-corrected chi connectivity index (χ0v) is 14.4. The molecule has 0 spiro atoms. The maximum absolute atomic E-state index is 9.38. The van der Waals surface area contributed by atoms with E-state index in [0.29, 0.717) is 5.75 Å². The van der Waals surface area contributed by atoms with E-state index in [1.54, 1.807) is 12.1 Å². The van der Waals surface area contributed by atoms with E-state index in [-0.39, 0.29) is 0 Å². The summed E-state index contributed by atoms with van der Waals surface area (Å²) in [6.45, 7) is 5.65. The average Bonchev–Trinajstić information content (AvgIpc) is 2.64. The van der Waals surface area contributed by atoms with Crippen molar-refractivity contribution in [1.82, 2.24) is 4.90 Å². The zero-order chi connectivity index (χ0) is 16.6. The van der Waals surface area contributed by atoms with Gasteiger partial charge in [0.05, 0.1) is 0 Å². The van der Waals surface area contributed by atoms with Gasteiger partial charge in [-0.25, -0.2) is 0 Å². The topological polar surface area (TPSA) is 26.7 Å². The van der Waals surface area contributed by atoms with Crippen LogP contribution in [0.15, 0.2) is 54.6 Å². The van der Waals surface area contributed by atoms with Crippen LogP contribution in [0.25, 0.3) is 0 Å². The fourth-order valence-corrected chi connectivity index (χ4v) is 3.38. The number of anilines is 1. The molecule has 0 amide bonds. The van der Waals surface area contributed by atoms with Crippen LogP contribution in [0.4, 0.5) is 5.69 Å². The Morgan fingerprint density at radius 2 is 1.46 bits per heavy atom. The van der Waals surface area contributed by atoms with E-state index in [2.05, 4.69) is 40.1 Å². The molecule has 3 rings (SSSR count). The number of hydrogen-bond acceptors (Lipinski definition) is 3. The lowest BCUT2D eigenvalue weighted by Crippen LogP contribution is -2.46. The van der Waals surface area contributed by atoms with Crippen LogP contribution in [-0.2, 0) is 6.42 Å². The summed E-state index contributed by atoms with van der Waals surface area (Å²) in [6.07, 6.45) is 5.10. The normalized spacial score (nSPS) is 15.6. The molecule has 3 heteroatoms. The van der Waals surface area contributed by atoms with Crippen molar-refractivity contribution in [3.05, 3.63) is 60.2 Å². The molecule has 3 nitrogen and oxygen atoms in total. The van der Waals surface area contributed by atoms with Crippen molar-refractivity contribution in [2.75, 3.05) is 37.6 Å². The standard InChI is InChI=1S/C21H28N2O/c24-21-12-10-20(11-13-21)23-17-15-22(16-18-23)14-6-2-5-9-19-7-3-1-4-8-19/h1,3-4,7-8,10-13,24H,2,5-6,9,14-18H2. The minimum Gasteiger partial charge on any atom is -0.508 e. The van der Waals surface area contributed by atoms with Crippen LogP contribution in [0.3, 0.4) is 0 Å². The third-order valence-electron chi connectivity index (χ3n) is 4.87. The highest BCUT2D eigenvalue weighted by atomic mass is 16.3. The molecular formula is C21H28N2O. The SMILES string of the molecule is Oc1ccc(N2CCN(CCCCCc3ccccc3)CC2)cc1. The van der Waals surface area contributed by atoms with E-state index >= 15 is 0 Å². The number of hydrogen-bond donors (Lipinski definition) is 1. The van der Waals surface area contributed by atoms with Crippen LogP contribution in [0, 0.1) is 0 Å². The highest BCUT2D eigenvalue weighted by Crippen LogP contribution is 2.20. The highest BCUT2D eigenvalue weighted by Gasteiger charge is 2.16. The Balaban J connectivity index is 1.30. The molecular weight excluding hydrogens is 296 g/mol. The second kappa shape index (κ2) is 8.74. The summed E-state index contributed by atoms with van der Waals surface area (Å²) >= 11 is 0. The Labute approximate surface area is 145 Å². The maximum Gasteiger partial charge on any atom is 0.115 e. The average molecular weight is 324 g/mol. The summed E-state index contributed by atoms with van der Waals surface area (Å²) in [4.78, 5) is 4.99. The first-order valence-corrected chi connectivity index (χ1v) is 9.11. The molecule has 0 bridgehead atoms. The van der Waals surface area contributed by atoms with E-state index in [1.165, 1.54) is 43.5 Å². The van der Waals surface area contributed by atoms with E-state index < -0.39 is 0 Å². The number of rotatable bonds is 7. The van der Waals surface area contributed by atoms with Crippen LogP contribution < -0.4 is 4.90 Å². The Kier molecular flexibility index (Phi) is 6.13. The van der Waals surface area contributed by atoms with E-state index in [9.17, 15) is 5.11 Å². The van der Waals surface area contributed by atoms with Gasteiger partial charge in [-0.2, -0.15) is 0 Å². The van der Waals surface area contributed by atoms with Gasteiger partial charge in [0.15, 0.2) is 0 Å². The van der Waals surface area contributed by atoms with Crippen molar-refractivity contribution in [2.45, 2.75) is 25.7 Å². The van der Waals surface area contributed by atoms with E-state index in [4.69, 9.17) is 0 Å². The van der Waals surface area contributed by atoms with Crippen molar-refractivity contribution < 1.29 is 5.11 Å². The number of piperazine rings is 1. The van der Waals surface area contributed by atoms with Gasteiger partial charge in [-0.15, -0.1) is 0 Å². The Hall–Kier alpha value is -2.00. The summed E-state index contributed by atoms with van der Waals surface area (Å²) in [5.74, 6) is 0.341. The molecule has 24 heavy (non-hydrogen) atoms. The zero-order valence-electron chi connectivity index (χ0n) is 14.4. The largest absolute Gasteiger partial charge is 0.508 e. The molecule has 0 aromatic heterocycles. The fraction of sp³-hybridized carbons (Fsp3) is 0.429. The van der Waals surface area contributed by atoms with Crippen LogP contribution in [0.2, 0.25) is 0 Å². The van der Waals surface area contributed by atoms with Gasteiger partial charge >= 0.3 is 0 Å². The summed E-state index contributed by atoms with van der Waals surface area (Å²) in [5.41, 5.74) is 2.68. The van der Waals surface area contributed by atoms with Crippen LogP contribution in [0.5, 0.6) is 5.75 Å². The third-order valence-corrected chi connectivity index (χ3v) is 4.87. The first kappa shape index (κ1) is 16.8. The van der Waals surface area contributed by atoms with E-state index in [1.807, 2.05) is 12.1 Å². The molecule has 1 aliphatic heterocycles. The molecule has 128 valence electrons. The third kappa shape index (κ3) is 5.00. The van der Waals surface area contributed by atoms with Gasteiger partial charge in [0.1, 0.15) is 5.75 Å². The van der Waals surface area contributed by atoms with Crippen molar-refractivity contribution in [3.8, 4) is 5.75 Å². The summed E-state index contributed by atoms with van der Waals surface area (Å²) < 4.78 is 0. The Morgan fingerprint density at radius 1 is 0.750 bits per heavy atom. The van der Waals surface area contributed by atoms with Crippen molar-refractivity contribution in [3.63, 3.8) is 0 Å². The van der Waals surface area contributed by atoms with E-state index in [0.717, 1.165) is 26.2 Å². The van der Waals surface area contributed by atoms with Crippen molar-refractivity contribution in [1.29, 1.82) is 0 Å². The molecule has 1 fully saturated rings. The predicted molar refractivity (Wildman–Crippen MR) is 101 cm³/mol. The van der Waals surface area contributed by atoms with Crippen LogP contribution in [0.1, 0.15) is 24.8 Å². The molecule has 1 heterocycles. The molecule has 0 saturated carbocycles. The minimum absolute atomic E-state index is 0.341. The number of unbranched alkanes of at least 4 members (excludes halogenated alkanes) is 2. The first-order valence-electron chi connectivity index (χ1n) is 9.11. The second-order valence-corrected chi connectivity index (χ2v) is 6.64. The van der Waals surface area contributed by atoms with Gasteiger partial charge in [0, 0.05) is 31.9 Å². The van der Waals surface area contributed by atoms with Crippen molar-refractivity contribution in [2.24, 2.45) is 0 Å². The van der Waals surface area contributed by atoms with Crippen LogP contribution >= 0.6 is 0 Å². The number of benzene rings is 2. The monoisotopic (exact) mass is 324 g/mol. The number of nitrogens with zero attached hydrogens (tertiary/aromatic N) is 2. The van der Waals surface area contributed by atoms with Gasteiger partial charge in [-0.1, -0.05) is 36.8 Å². The molecule has 0 aliphatic carbocycles. The van der Waals surface area contributed by atoms with Gasteiger partial charge in [-0.3, -0.25) is 4.90 Å². The maximum atomic E-state index is 9.38. The molecule has 1 aliphatic rings. The number of phenolic OH excluding ortho intramolecular Hbond substituents is 1. The molecule has 0 unspecified atom stereocenters. The summed E-state index contributed by atoms with van der Waals surface area (Å²) in [6, 6.07) is 18.4. The molecule has 1 saturated heterocycles. The molecule has 2 aromatic carbocycles. The number of aromatic hydroxyl groups is 1. The lowest BCUT2D eigenvalue weighted by molar-refractivity contribution is 0.252. The summed E-state index contributed by atoms with van der Waals surface area (Å²) in [5, 5.41) is 9.38. The molecule has 2 aromatic rings. The predicted octanol–water partition coefficient (Wildman–Crippen LogP) is 3.93. The van der Waals surface area contributed by atoms with Gasteiger partial charge in [0.2, 0.25) is 0 Å². The van der Waals surface area contributed by atoms with Crippen molar-refractivity contribution >= 4 is 5.69 Å². The quantitative estimate of drug-likeness (QED) is 0.782. The second-order valence-electron chi connectivity index (χ2n) is 6.64. The Bertz CT molecular complexity index is 589. The molecule has 0 radical (unpaired) electrons. The number of aryl methyl sites for hydroxylation is 1. The van der Waals surface area contributed by atoms with Gasteiger partial charge < -0.3 is 10.0 Å². The van der Waals surface area contributed by atoms with Gasteiger partial charge in [-0.05, 0) is 55.6 Å². The number of phenols is 1. The lowest BCUT2D eigenvalue weighted by Gasteiger charge is -2.36. The summed E-state index contributed by atoms with van der Waals surface area (Å²) in [7, 11) is 0. The lowest BCUT2D eigenvalue weighted by atomic mass is 10.1. The Morgan fingerprint density at radius 3 is 2.17 bits per heavy atom. The molecule has 0 atom stereocenters. The smallest absolute Gasteiger partial charge is 0.115 e. The van der Waals surface area contributed by atoms with Gasteiger partial charge in [0.25, 0.3) is 0 Å². The first-order chi connectivity index (χ1) is 11.8. The minimum atomic E-state index is 0.341. The van der Waals surface area contributed by atoms with Crippen LogP contribution in [-0.4, -0.2) is 42.7 Å².